The van der Waals surface area contributed by atoms with E-state index in [-0.39, 0.29) is 29.4 Å². The summed E-state index contributed by atoms with van der Waals surface area (Å²) in [6.07, 6.45) is 5.25. The molecule has 3 amide bonds. The van der Waals surface area contributed by atoms with Gasteiger partial charge in [-0.15, -0.1) is 0 Å². The quantitative estimate of drug-likeness (QED) is 0.830. The molecule has 2 N–H and O–H groups in total. The fourth-order valence-corrected chi connectivity index (χ4v) is 4.95. The molecule has 3 saturated heterocycles. The summed E-state index contributed by atoms with van der Waals surface area (Å²) in [5, 5.41) is 6.38. The summed E-state index contributed by atoms with van der Waals surface area (Å²) in [6.45, 7) is 0.288. The maximum Gasteiger partial charge on any atom is 0.289 e. The normalized spacial score (nSPS) is 27.8. The van der Waals surface area contributed by atoms with Gasteiger partial charge < -0.3 is 10.6 Å². The number of amides is 3. The Bertz CT molecular complexity index is 693. The van der Waals surface area contributed by atoms with E-state index >= 15 is 0 Å². The Kier molecular flexibility index (Phi) is 5.00. The number of rotatable bonds is 5. The zero-order chi connectivity index (χ0) is 18.1. The molecule has 0 aliphatic carbocycles. The predicted octanol–water partition coefficient (Wildman–Crippen LogP) is 2.74. The van der Waals surface area contributed by atoms with Crippen molar-refractivity contribution in [3.8, 4) is 0 Å². The smallest absolute Gasteiger partial charge is 0.289 e. The van der Waals surface area contributed by atoms with Crippen molar-refractivity contribution in [2.24, 2.45) is 5.92 Å². The van der Waals surface area contributed by atoms with E-state index < -0.39 is 0 Å². The van der Waals surface area contributed by atoms with Crippen LogP contribution >= 0.6 is 11.8 Å². The second kappa shape index (κ2) is 7.40. The highest BCUT2D eigenvalue weighted by Gasteiger charge is 2.34. The Hall–Kier alpha value is -1.86. The summed E-state index contributed by atoms with van der Waals surface area (Å²) in [5.74, 6) is 0.613. The Morgan fingerprint density at radius 2 is 1.85 bits per heavy atom. The van der Waals surface area contributed by atoms with E-state index in [1.807, 2.05) is 24.3 Å². The number of carbonyl (C=O) groups excluding carboxylic acids is 3. The molecule has 2 bridgehead atoms. The number of piperidine rings is 1. The van der Waals surface area contributed by atoms with Gasteiger partial charge in [0.25, 0.3) is 5.24 Å². The molecule has 7 heteroatoms. The number of nitrogens with one attached hydrogen (secondary N) is 2. The van der Waals surface area contributed by atoms with Gasteiger partial charge in [0.05, 0.1) is 12.3 Å². The molecule has 1 aromatic carbocycles. The summed E-state index contributed by atoms with van der Waals surface area (Å²) in [6, 6.07) is 8.56. The minimum Gasteiger partial charge on any atom is -0.326 e. The van der Waals surface area contributed by atoms with E-state index in [0.29, 0.717) is 24.4 Å². The average molecular weight is 373 g/mol. The van der Waals surface area contributed by atoms with Crippen LogP contribution in [0.1, 0.15) is 37.7 Å². The summed E-state index contributed by atoms with van der Waals surface area (Å²) in [7, 11) is 0. The van der Waals surface area contributed by atoms with Gasteiger partial charge in [-0.2, -0.15) is 0 Å². The lowest BCUT2D eigenvalue weighted by molar-refractivity contribution is -0.125. The van der Waals surface area contributed by atoms with Crippen LogP contribution in [0.2, 0.25) is 0 Å². The van der Waals surface area contributed by atoms with Crippen LogP contribution in [0.3, 0.4) is 0 Å². The van der Waals surface area contributed by atoms with Gasteiger partial charge in [0.15, 0.2) is 0 Å². The van der Waals surface area contributed by atoms with Gasteiger partial charge in [0.1, 0.15) is 0 Å². The van der Waals surface area contributed by atoms with E-state index in [9.17, 15) is 14.4 Å². The number of benzene rings is 1. The molecule has 4 rings (SSSR count). The highest BCUT2D eigenvalue weighted by molar-refractivity contribution is 8.14. The molecular formula is C19H23N3O3S. The number of thioether (sulfide) groups is 1. The first-order valence-electron chi connectivity index (χ1n) is 9.19. The summed E-state index contributed by atoms with van der Waals surface area (Å²) in [5.41, 5.74) is 1.63. The first kappa shape index (κ1) is 17.5. The monoisotopic (exact) mass is 373 g/mol. The fraction of sp³-hybridized carbons (Fsp3) is 0.526. The van der Waals surface area contributed by atoms with Crippen molar-refractivity contribution in [2.75, 3.05) is 11.1 Å². The van der Waals surface area contributed by atoms with Crippen molar-refractivity contribution < 1.29 is 14.4 Å². The molecule has 0 radical (unpaired) electrons. The van der Waals surface area contributed by atoms with Crippen LogP contribution in [0.15, 0.2) is 24.3 Å². The number of hydrogen-bond acceptors (Lipinski definition) is 5. The first-order chi connectivity index (χ1) is 12.6. The van der Waals surface area contributed by atoms with Crippen molar-refractivity contribution in [2.45, 2.75) is 50.7 Å². The lowest BCUT2D eigenvalue weighted by atomic mass is 9.89. The molecule has 3 aliphatic heterocycles. The van der Waals surface area contributed by atoms with Gasteiger partial charge in [-0.3, -0.25) is 19.3 Å². The van der Waals surface area contributed by atoms with Crippen molar-refractivity contribution in [3.63, 3.8) is 0 Å². The van der Waals surface area contributed by atoms with Crippen molar-refractivity contribution in [3.05, 3.63) is 29.8 Å². The molecule has 3 aliphatic rings. The summed E-state index contributed by atoms with van der Waals surface area (Å²) in [4.78, 5) is 36.9. The van der Waals surface area contributed by atoms with Gasteiger partial charge in [-0.25, -0.2) is 0 Å². The van der Waals surface area contributed by atoms with Gasteiger partial charge in [-0.1, -0.05) is 23.9 Å². The van der Waals surface area contributed by atoms with E-state index in [1.165, 1.54) is 17.7 Å². The third-order valence-corrected chi connectivity index (χ3v) is 6.32. The number of hydrogen-bond donors (Lipinski definition) is 2. The molecule has 0 spiro atoms. The van der Waals surface area contributed by atoms with E-state index in [4.69, 9.17) is 0 Å². The second-order valence-corrected chi connectivity index (χ2v) is 8.39. The predicted molar refractivity (Wildman–Crippen MR) is 101 cm³/mol. The number of carbonyl (C=O) groups is 3. The Labute approximate surface area is 157 Å². The molecule has 2 atom stereocenters. The maximum atomic E-state index is 12.3. The summed E-state index contributed by atoms with van der Waals surface area (Å²) >= 11 is 1.04. The maximum absolute atomic E-state index is 12.3. The number of imide groups is 1. The van der Waals surface area contributed by atoms with Crippen molar-refractivity contribution >= 4 is 34.5 Å². The van der Waals surface area contributed by atoms with E-state index in [2.05, 4.69) is 10.6 Å². The minimum atomic E-state index is -0.191. The van der Waals surface area contributed by atoms with Crippen LogP contribution in [0, 0.1) is 5.92 Å². The van der Waals surface area contributed by atoms with Gasteiger partial charge >= 0.3 is 0 Å². The molecule has 3 fully saturated rings. The third kappa shape index (κ3) is 3.94. The Balaban J connectivity index is 1.29. The minimum absolute atomic E-state index is 0.0605. The molecule has 1 aromatic rings. The fourth-order valence-electron chi connectivity index (χ4n) is 4.23. The number of anilines is 1. The van der Waals surface area contributed by atoms with Crippen LogP contribution in [0.5, 0.6) is 0 Å². The molecule has 26 heavy (non-hydrogen) atoms. The molecule has 0 saturated carbocycles. The lowest BCUT2D eigenvalue weighted by Crippen LogP contribution is -2.39. The second-order valence-electron chi connectivity index (χ2n) is 7.46. The molecule has 2 unspecified atom stereocenters. The van der Waals surface area contributed by atoms with Crippen LogP contribution in [-0.4, -0.2) is 39.8 Å². The Morgan fingerprint density at radius 1 is 1.15 bits per heavy atom. The van der Waals surface area contributed by atoms with E-state index in [0.717, 1.165) is 35.9 Å². The van der Waals surface area contributed by atoms with Crippen molar-refractivity contribution in [1.29, 1.82) is 0 Å². The largest absolute Gasteiger partial charge is 0.326 e. The van der Waals surface area contributed by atoms with Gasteiger partial charge in [0.2, 0.25) is 11.8 Å². The molecule has 0 aromatic heterocycles. The Morgan fingerprint density at radius 3 is 2.46 bits per heavy atom. The zero-order valence-electron chi connectivity index (χ0n) is 14.6. The highest BCUT2D eigenvalue weighted by Crippen LogP contribution is 2.32. The number of nitrogens with zero attached hydrogens (tertiary/aromatic N) is 1. The van der Waals surface area contributed by atoms with Crippen molar-refractivity contribution in [1.82, 2.24) is 10.2 Å². The first-order valence-corrected chi connectivity index (χ1v) is 10.2. The topological polar surface area (TPSA) is 78.5 Å². The standard InChI is InChI=1S/C19H23N3O3S/c23-17(9-13-7-15-5-6-16(8-13)20-15)21-14-3-1-12(2-4-14)10-22-18(24)11-26-19(22)25/h1-4,13,15-16,20H,5-11H2,(H,21,23). The average Bonchev–Trinajstić information content (AvgIpc) is 3.12. The van der Waals surface area contributed by atoms with Gasteiger partial charge in [-0.05, 0) is 49.3 Å². The zero-order valence-corrected chi connectivity index (χ0v) is 15.4. The lowest BCUT2D eigenvalue weighted by Gasteiger charge is -2.28. The summed E-state index contributed by atoms with van der Waals surface area (Å²) < 4.78 is 0. The van der Waals surface area contributed by atoms with Crippen LogP contribution < -0.4 is 10.6 Å². The molecule has 6 nitrogen and oxygen atoms in total. The molecular weight excluding hydrogens is 350 g/mol. The molecule has 138 valence electrons. The highest BCUT2D eigenvalue weighted by atomic mass is 32.2. The molecule has 3 heterocycles. The SMILES string of the molecule is O=C(CC1CC2CCC(C1)N2)Nc1ccc(CN2C(=O)CSC2=O)cc1. The van der Waals surface area contributed by atoms with E-state index in [1.54, 1.807) is 0 Å². The van der Waals surface area contributed by atoms with Crippen LogP contribution in [0.25, 0.3) is 0 Å². The van der Waals surface area contributed by atoms with Gasteiger partial charge in [0, 0.05) is 24.2 Å². The van der Waals surface area contributed by atoms with Crippen LogP contribution in [0.4, 0.5) is 10.5 Å². The van der Waals surface area contributed by atoms with Crippen LogP contribution in [-0.2, 0) is 16.1 Å². The third-order valence-electron chi connectivity index (χ3n) is 5.46. The number of fused-ring (bicyclic) bond motifs is 2.